The van der Waals surface area contributed by atoms with Gasteiger partial charge in [0, 0.05) is 15.2 Å². The molecule has 0 radical (unpaired) electrons. The van der Waals surface area contributed by atoms with Crippen molar-refractivity contribution in [1.29, 1.82) is 0 Å². The number of carbonyl (C=O) groups is 1. The minimum atomic E-state index is -0.153. The molecule has 2 aromatic carbocycles. The van der Waals surface area contributed by atoms with Gasteiger partial charge in [-0.05, 0) is 61.4 Å². The number of aromatic nitrogens is 2. The molecule has 0 aliphatic heterocycles. The van der Waals surface area contributed by atoms with E-state index in [0.717, 1.165) is 21.3 Å². The summed E-state index contributed by atoms with van der Waals surface area (Å²) in [4.78, 5) is 12.1. The highest BCUT2D eigenvalue weighted by molar-refractivity contribution is 9.10. The van der Waals surface area contributed by atoms with E-state index in [-0.39, 0.29) is 18.3 Å². The maximum absolute atomic E-state index is 12.1. The summed E-state index contributed by atoms with van der Waals surface area (Å²) in [5.41, 5.74) is 2.70. The Morgan fingerprint density at radius 2 is 2.04 bits per heavy atom. The lowest BCUT2D eigenvalue weighted by Crippen LogP contribution is -2.14. The molecule has 0 atom stereocenters. The number of ether oxygens (including phenoxy) is 1. The molecule has 0 fully saturated rings. The highest BCUT2D eigenvalue weighted by atomic mass is 79.9. The fourth-order valence-electron chi connectivity index (χ4n) is 2.32. The molecule has 3 aromatic rings. The zero-order valence-corrected chi connectivity index (χ0v) is 18.3. The number of benzene rings is 2. The average molecular weight is 483 g/mol. The summed E-state index contributed by atoms with van der Waals surface area (Å²) < 4.78 is 12.2. The Labute approximate surface area is 180 Å². The SMILES string of the molecule is Cc1cc(NC(=O)CSc2nnc(COc3ccc(Cl)cc3C)o2)ccc1Br. The maximum atomic E-state index is 12.1. The number of hydrogen-bond acceptors (Lipinski definition) is 6. The Bertz CT molecular complexity index is 996. The number of halogens is 2. The van der Waals surface area contributed by atoms with Gasteiger partial charge in [0.2, 0.25) is 5.91 Å². The van der Waals surface area contributed by atoms with Crippen molar-refractivity contribution in [3.8, 4) is 5.75 Å². The molecule has 9 heteroatoms. The van der Waals surface area contributed by atoms with Crippen LogP contribution in [0.3, 0.4) is 0 Å². The van der Waals surface area contributed by atoms with Gasteiger partial charge in [0.15, 0.2) is 6.61 Å². The van der Waals surface area contributed by atoms with Crippen LogP contribution in [0.1, 0.15) is 17.0 Å². The molecule has 0 saturated carbocycles. The molecule has 1 N–H and O–H groups in total. The van der Waals surface area contributed by atoms with Gasteiger partial charge >= 0.3 is 0 Å². The first kappa shape index (κ1) is 20.7. The van der Waals surface area contributed by atoms with Crippen LogP contribution in [0.2, 0.25) is 5.02 Å². The number of amides is 1. The monoisotopic (exact) mass is 481 g/mol. The normalized spacial score (nSPS) is 10.7. The molecule has 0 spiro atoms. The van der Waals surface area contributed by atoms with Crippen LogP contribution in [0, 0.1) is 13.8 Å². The van der Waals surface area contributed by atoms with Gasteiger partial charge in [-0.3, -0.25) is 4.79 Å². The van der Waals surface area contributed by atoms with Crippen LogP contribution in [0.4, 0.5) is 5.69 Å². The van der Waals surface area contributed by atoms with Gasteiger partial charge in [0.1, 0.15) is 5.75 Å². The summed E-state index contributed by atoms with van der Waals surface area (Å²) in [7, 11) is 0. The second-order valence-corrected chi connectivity index (χ2v) is 8.18. The molecular weight excluding hydrogens is 466 g/mol. The van der Waals surface area contributed by atoms with Crippen molar-refractivity contribution in [2.24, 2.45) is 0 Å². The predicted octanol–water partition coefficient (Wildman–Crippen LogP) is 5.41. The van der Waals surface area contributed by atoms with Crippen molar-refractivity contribution >= 4 is 50.9 Å². The summed E-state index contributed by atoms with van der Waals surface area (Å²) >= 11 is 10.5. The lowest BCUT2D eigenvalue weighted by atomic mass is 10.2. The van der Waals surface area contributed by atoms with Crippen molar-refractivity contribution in [3.05, 3.63) is 62.9 Å². The van der Waals surface area contributed by atoms with Crippen molar-refractivity contribution < 1.29 is 13.9 Å². The van der Waals surface area contributed by atoms with Crippen LogP contribution in [0.5, 0.6) is 5.75 Å². The van der Waals surface area contributed by atoms with E-state index in [1.54, 1.807) is 12.1 Å². The lowest BCUT2D eigenvalue weighted by molar-refractivity contribution is -0.113. The van der Waals surface area contributed by atoms with Crippen LogP contribution >= 0.6 is 39.3 Å². The van der Waals surface area contributed by atoms with Gasteiger partial charge in [-0.2, -0.15) is 0 Å². The maximum Gasteiger partial charge on any atom is 0.277 e. The molecule has 28 heavy (non-hydrogen) atoms. The summed E-state index contributed by atoms with van der Waals surface area (Å²) in [5, 5.41) is 11.7. The first-order valence-electron chi connectivity index (χ1n) is 8.31. The number of rotatable bonds is 7. The van der Waals surface area contributed by atoms with Crippen molar-refractivity contribution in [1.82, 2.24) is 10.2 Å². The molecule has 0 aliphatic rings. The molecule has 0 unspecified atom stereocenters. The second kappa shape index (κ2) is 9.45. The summed E-state index contributed by atoms with van der Waals surface area (Å²) in [6.07, 6.45) is 0. The number of aryl methyl sites for hydroxylation is 2. The highest BCUT2D eigenvalue weighted by Gasteiger charge is 2.11. The largest absolute Gasteiger partial charge is 0.484 e. The highest BCUT2D eigenvalue weighted by Crippen LogP contribution is 2.24. The molecule has 1 amide bonds. The van der Waals surface area contributed by atoms with Crippen LogP contribution < -0.4 is 10.1 Å². The number of thioether (sulfide) groups is 1. The number of nitrogens with one attached hydrogen (secondary N) is 1. The summed E-state index contributed by atoms with van der Waals surface area (Å²) in [6, 6.07) is 11.0. The third kappa shape index (κ3) is 5.73. The third-order valence-corrected chi connectivity index (χ3v) is 5.65. The number of nitrogens with zero attached hydrogens (tertiary/aromatic N) is 2. The van der Waals surface area contributed by atoms with E-state index in [1.807, 2.05) is 38.1 Å². The Morgan fingerprint density at radius 1 is 1.21 bits per heavy atom. The van der Waals surface area contributed by atoms with Crippen LogP contribution in [0.15, 0.2) is 50.5 Å². The number of hydrogen-bond donors (Lipinski definition) is 1. The zero-order valence-electron chi connectivity index (χ0n) is 15.2. The van der Waals surface area contributed by atoms with Crippen LogP contribution in [-0.4, -0.2) is 21.9 Å². The minimum Gasteiger partial charge on any atom is -0.484 e. The average Bonchev–Trinajstić information content (AvgIpc) is 3.10. The molecule has 3 rings (SSSR count). The Morgan fingerprint density at radius 3 is 2.79 bits per heavy atom. The number of carbonyl (C=O) groups excluding carboxylic acids is 1. The fraction of sp³-hybridized carbons (Fsp3) is 0.211. The van der Waals surface area contributed by atoms with Gasteiger partial charge in [0.05, 0.1) is 5.75 Å². The first-order chi connectivity index (χ1) is 13.4. The summed E-state index contributed by atoms with van der Waals surface area (Å²) in [5.74, 6) is 1.04. The molecule has 6 nitrogen and oxygen atoms in total. The molecule has 146 valence electrons. The predicted molar refractivity (Wildman–Crippen MR) is 113 cm³/mol. The van der Waals surface area contributed by atoms with Gasteiger partial charge in [-0.25, -0.2) is 0 Å². The van der Waals surface area contributed by atoms with Gasteiger partial charge < -0.3 is 14.5 Å². The van der Waals surface area contributed by atoms with Gasteiger partial charge in [0.25, 0.3) is 11.1 Å². The topological polar surface area (TPSA) is 77.2 Å². The Hall–Kier alpha value is -2.03. The Balaban J connectivity index is 1.48. The van der Waals surface area contributed by atoms with Gasteiger partial charge in [-0.1, -0.05) is 39.3 Å². The quantitative estimate of drug-likeness (QED) is 0.454. The molecule has 1 aromatic heterocycles. The lowest BCUT2D eigenvalue weighted by Gasteiger charge is -2.07. The molecule has 1 heterocycles. The van der Waals surface area contributed by atoms with E-state index < -0.39 is 0 Å². The first-order valence-corrected chi connectivity index (χ1v) is 10.5. The second-order valence-electron chi connectivity index (χ2n) is 5.96. The number of anilines is 1. The van der Waals surface area contributed by atoms with Crippen molar-refractivity contribution in [2.75, 3.05) is 11.1 Å². The van der Waals surface area contributed by atoms with E-state index in [1.165, 1.54) is 11.8 Å². The molecule has 0 saturated heterocycles. The zero-order chi connectivity index (χ0) is 20.1. The van der Waals surface area contributed by atoms with Gasteiger partial charge in [-0.15, -0.1) is 10.2 Å². The van der Waals surface area contributed by atoms with E-state index in [2.05, 4.69) is 31.4 Å². The van der Waals surface area contributed by atoms with E-state index in [9.17, 15) is 4.79 Å². The Kier molecular flexibility index (Phi) is 6.98. The molecular formula is C19H17BrClN3O3S. The van der Waals surface area contributed by atoms with Crippen LogP contribution in [0.25, 0.3) is 0 Å². The van der Waals surface area contributed by atoms with E-state index in [4.69, 9.17) is 20.8 Å². The van der Waals surface area contributed by atoms with E-state index in [0.29, 0.717) is 21.9 Å². The fourth-order valence-corrected chi connectivity index (χ4v) is 3.37. The smallest absolute Gasteiger partial charge is 0.277 e. The van der Waals surface area contributed by atoms with Crippen LogP contribution in [-0.2, 0) is 11.4 Å². The summed E-state index contributed by atoms with van der Waals surface area (Å²) in [6.45, 7) is 4.00. The van der Waals surface area contributed by atoms with Crippen molar-refractivity contribution in [3.63, 3.8) is 0 Å². The minimum absolute atomic E-state index is 0.139. The standard InChI is InChI=1S/C19H17BrClN3O3S/c1-11-8-14(4-5-15(11)20)22-17(25)10-28-19-24-23-18(27-19)9-26-16-6-3-13(21)7-12(16)2/h3-8H,9-10H2,1-2H3,(H,22,25). The molecule has 0 bridgehead atoms. The van der Waals surface area contributed by atoms with E-state index >= 15 is 0 Å². The molecule has 0 aliphatic carbocycles. The van der Waals surface area contributed by atoms with Crippen molar-refractivity contribution in [2.45, 2.75) is 25.7 Å². The third-order valence-electron chi connectivity index (χ3n) is 3.70.